The maximum absolute atomic E-state index is 4.33. The molecule has 0 aliphatic rings. The highest BCUT2D eigenvalue weighted by atomic mass is 79.9. The highest BCUT2D eigenvalue weighted by Gasteiger charge is 2.02. The van der Waals surface area contributed by atoms with E-state index < -0.39 is 0 Å². The number of anilines is 1. The molecule has 0 atom stereocenters. The van der Waals surface area contributed by atoms with Crippen LogP contribution in [-0.2, 0) is 6.42 Å². The van der Waals surface area contributed by atoms with Crippen molar-refractivity contribution in [3.63, 3.8) is 0 Å². The molecule has 0 saturated carbocycles. The lowest BCUT2D eigenvalue weighted by molar-refractivity contribution is 1.000. The molecule has 0 radical (unpaired) electrons. The third-order valence-electron chi connectivity index (χ3n) is 2.87. The smallest absolute Gasteiger partial charge is 0.140 e. The molecule has 0 bridgehead atoms. The second-order valence-corrected chi connectivity index (χ2v) is 5.25. The maximum atomic E-state index is 4.33. The van der Waals surface area contributed by atoms with Gasteiger partial charge in [0.2, 0.25) is 0 Å². The number of nitrogens with zero attached hydrogens (tertiary/aromatic N) is 1. The summed E-state index contributed by atoms with van der Waals surface area (Å²) in [4.78, 5) is 4.33. The average molecular weight is 305 g/mol. The number of aryl methyl sites for hydroxylation is 2. The molecule has 0 fully saturated rings. The van der Waals surface area contributed by atoms with Crippen molar-refractivity contribution >= 4 is 21.7 Å². The molecule has 2 rings (SSSR count). The van der Waals surface area contributed by atoms with Crippen LogP contribution in [-0.4, -0.2) is 11.5 Å². The lowest BCUT2D eigenvalue weighted by atomic mass is 10.1. The molecule has 1 heterocycles. The molecule has 0 aliphatic carbocycles. The van der Waals surface area contributed by atoms with Gasteiger partial charge in [-0.2, -0.15) is 0 Å². The van der Waals surface area contributed by atoms with Crippen molar-refractivity contribution in [3.05, 3.63) is 57.7 Å². The van der Waals surface area contributed by atoms with Crippen LogP contribution in [0, 0.1) is 13.8 Å². The van der Waals surface area contributed by atoms with Crippen molar-refractivity contribution < 1.29 is 0 Å². The Balaban J connectivity index is 1.94. The van der Waals surface area contributed by atoms with Crippen LogP contribution in [0.3, 0.4) is 0 Å². The Kier molecular flexibility index (Phi) is 4.37. The standard InChI is InChI=1S/C15H17BrN2/c1-11-4-3-5-13(10-11)7-9-18-15-14(16)12(2)6-8-17-15/h3-6,8,10H,7,9H2,1-2H3,(H,17,18). The van der Waals surface area contributed by atoms with Gasteiger partial charge < -0.3 is 5.32 Å². The molecule has 0 spiro atoms. The third-order valence-corrected chi connectivity index (χ3v) is 3.87. The normalized spacial score (nSPS) is 10.4. The van der Waals surface area contributed by atoms with Crippen molar-refractivity contribution in [1.29, 1.82) is 0 Å². The Bertz CT molecular complexity index is 538. The van der Waals surface area contributed by atoms with Crippen molar-refractivity contribution in [2.75, 3.05) is 11.9 Å². The summed E-state index contributed by atoms with van der Waals surface area (Å²) in [5, 5.41) is 3.36. The van der Waals surface area contributed by atoms with Gasteiger partial charge in [0.25, 0.3) is 0 Å². The Morgan fingerprint density at radius 2 is 2.06 bits per heavy atom. The summed E-state index contributed by atoms with van der Waals surface area (Å²) in [6.45, 7) is 5.08. The molecule has 2 aromatic rings. The molecule has 1 aromatic carbocycles. The van der Waals surface area contributed by atoms with E-state index in [1.54, 1.807) is 0 Å². The predicted molar refractivity (Wildman–Crippen MR) is 80.0 cm³/mol. The molecule has 0 unspecified atom stereocenters. The number of aromatic nitrogens is 1. The van der Waals surface area contributed by atoms with E-state index in [-0.39, 0.29) is 0 Å². The minimum atomic E-state index is 0.887. The lowest BCUT2D eigenvalue weighted by Gasteiger charge is -2.09. The Hall–Kier alpha value is -1.35. The largest absolute Gasteiger partial charge is 0.369 e. The van der Waals surface area contributed by atoms with E-state index in [1.807, 2.05) is 12.3 Å². The number of pyridine rings is 1. The zero-order valence-electron chi connectivity index (χ0n) is 10.7. The number of nitrogens with one attached hydrogen (secondary N) is 1. The molecular formula is C15H17BrN2. The summed E-state index contributed by atoms with van der Waals surface area (Å²) in [7, 11) is 0. The molecule has 94 valence electrons. The van der Waals surface area contributed by atoms with Gasteiger partial charge >= 0.3 is 0 Å². The van der Waals surface area contributed by atoms with E-state index in [0.717, 1.165) is 23.3 Å². The summed E-state index contributed by atoms with van der Waals surface area (Å²) >= 11 is 3.55. The topological polar surface area (TPSA) is 24.9 Å². The molecule has 1 aromatic heterocycles. The second-order valence-electron chi connectivity index (χ2n) is 4.46. The minimum absolute atomic E-state index is 0.887. The fraction of sp³-hybridized carbons (Fsp3) is 0.267. The van der Waals surface area contributed by atoms with E-state index in [0.29, 0.717) is 0 Å². The Labute approximate surface area is 117 Å². The van der Waals surface area contributed by atoms with Crippen molar-refractivity contribution in [1.82, 2.24) is 4.98 Å². The minimum Gasteiger partial charge on any atom is -0.369 e. The van der Waals surface area contributed by atoms with Gasteiger partial charge in [-0.05, 0) is 53.4 Å². The van der Waals surface area contributed by atoms with Gasteiger partial charge in [0.05, 0.1) is 4.47 Å². The first-order chi connectivity index (χ1) is 8.66. The van der Waals surface area contributed by atoms with Crippen LogP contribution in [0.2, 0.25) is 0 Å². The van der Waals surface area contributed by atoms with Crippen LogP contribution < -0.4 is 5.32 Å². The zero-order valence-corrected chi connectivity index (χ0v) is 12.3. The summed E-state index contributed by atoms with van der Waals surface area (Å²) in [5.41, 5.74) is 3.86. The van der Waals surface area contributed by atoms with Crippen molar-refractivity contribution in [2.24, 2.45) is 0 Å². The van der Waals surface area contributed by atoms with E-state index in [2.05, 4.69) is 64.3 Å². The van der Waals surface area contributed by atoms with Gasteiger partial charge in [0.15, 0.2) is 0 Å². The first-order valence-electron chi connectivity index (χ1n) is 6.07. The van der Waals surface area contributed by atoms with Crippen LogP contribution in [0.5, 0.6) is 0 Å². The summed E-state index contributed by atoms with van der Waals surface area (Å²) in [5.74, 6) is 0.919. The van der Waals surface area contributed by atoms with Gasteiger partial charge in [-0.3, -0.25) is 0 Å². The SMILES string of the molecule is Cc1cccc(CCNc2nccc(C)c2Br)c1. The van der Waals surface area contributed by atoms with E-state index in [4.69, 9.17) is 0 Å². The average Bonchev–Trinajstić information content (AvgIpc) is 2.35. The lowest BCUT2D eigenvalue weighted by Crippen LogP contribution is -2.07. The monoisotopic (exact) mass is 304 g/mol. The van der Waals surface area contributed by atoms with Gasteiger partial charge in [-0.1, -0.05) is 29.8 Å². The van der Waals surface area contributed by atoms with Crippen molar-refractivity contribution in [3.8, 4) is 0 Å². The van der Waals surface area contributed by atoms with Crippen LogP contribution in [0.1, 0.15) is 16.7 Å². The molecule has 0 saturated heterocycles. The van der Waals surface area contributed by atoms with Gasteiger partial charge in [-0.15, -0.1) is 0 Å². The Morgan fingerprint density at radius 3 is 2.83 bits per heavy atom. The van der Waals surface area contributed by atoms with Gasteiger partial charge in [0.1, 0.15) is 5.82 Å². The number of hydrogen-bond acceptors (Lipinski definition) is 2. The quantitative estimate of drug-likeness (QED) is 0.919. The van der Waals surface area contributed by atoms with Crippen LogP contribution in [0.25, 0.3) is 0 Å². The van der Waals surface area contributed by atoms with Gasteiger partial charge in [0, 0.05) is 12.7 Å². The Morgan fingerprint density at radius 1 is 1.22 bits per heavy atom. The number of hydrogen-bond donors (Lipinski definition) is 1. The fourth-order valence-electron chi connectivity index (χ4n) is 1.86. The summed E-state index contributed by atoms with van der Waals surface area (Å²) < 4.78 is 1.05. The summed E-state index contributed by atoms with van der Waals surface area (Å²) in [6.07, 6.45) is 2.83. The highest BCUT2D eigenvalue weighted by Crippen LogP contribution is 2.23. The van der Waals surface area contributed by atoms with E-state index in [9.17, 15) is 0 Å². The number of benzene rings is 1. The molecule has 0 amide bonds. The first kappa shape index (κ1) is 13.1. The number of halogens is 1. The molecule has 3 heteroatoms. The van der Waals surface area contributed by atoms with Crippen LogP contribution in [0.15, 0.2) is 41.0 Å². The molecule has 18 heavy (non-hydrogen) atoms. The van der Waals surface area contributed by atoms with E-state index >= 15 is 0 Å². The predicted octanol–water partition coefficient (Wildman–Crippen LogP) is 4.12. The molecular weight excluding hydrogens is 288 g/mol. The zero-order chi connectivity index (χ0) is 13.0. The first-order valence-corrected chi connectivity index (χ1v) is 6.86. The molecule has 1 N–H and O–H groups in total. The highest BCUT2D eigenvalue weighted by molar-refractivity contribution is 9.10. The molecule has 2 nitrogen and oxygen atoms in total. The van der Waals surface area contributed by atoms with Crippen LogP contribution >= 0.6 is 15.9 Å². The third kappa shape index (κ3) is 3.33. The van der Waals surface area contributed by atoms with E-state index in [1.165, 1.54) is 16.7 Å². The second kappa shape index (κ2) is 6.01. The van der Waals surface area contributed by atoms with Gasteiger partial charge in [-0.25, -0.2) is 4.98 Å². The summed E-state index contributed by atoms with van der Waals surface area (Å²) in [6, 6.07) is 10.6. The fourth-order valence-corrected chi connectivity index (χ4v) is 2.23. The van der Waals surface area contributed by atoms with Crippen molar-refractivity contribution in [2.45, 2.75) is 20.3 Å². The van der Waals surface area contributed by atoms with Crippen LogP contribution in [0.4, 0.5) is 5.82 Å². The number of rotatable bonds is 4. The maximum Gasteiger partial charge on any atom is 0.140 e. The molecule has 0 aliphatic heterocycles.